The normalized spacial score (nSPS) is 27.2. The Labute approximate surface area is 323 Å². The lowest BCUT2D eigenvalue weighted by Gasteiger charge is -2.48. The highest BCUT2D eigenvalue weighted by atomic mass is 16.7. The van der Waals surface area contributed by atoms with Crippen LogP contribution in [-0.4, -0.2) is 72.8 Å². The Hall–Kier alpha value is -5.47. The molecule has 56 heavy (non-hydrogen) atoms. The van der Waals surface area contributed by atoms with Crippen molar-refractivity contribution >= 4 is 0 Å². The number of ether oxygens (including phenoxy) is 6. The predicted molar refractivity (Wildman–Crippen MR) is 204 cm³/mol. The maximum atomic E-state index is 11.9. The minimum absolute atomic E-state index is 0.00539. The molecule has 6 rings (SSSR count). The van der Waals surface area contributed by atoms with Crippen molar-refractivity contribution in [3.05, 3.63) is 175 Å². The summed E-state index contributed by atoms with van der Waals surface area (Å²) in [5.41, 5.74) is 32.4. The standard InChI is InChI=1S/C40H43N9O7/c41-47-44-31-21-32(45-48-42)37(35(50)36(31)52-23-28-15-7-2-8-16-28)56-40-34(46-49-43)39(54-25-30-19-11-4-12-20-30)38(53-24-29-17-9-3-10-18-29)33(55-40)26-51-22-27-13-5-1-6-14-27/h1-20,31-40,50H,21-26H2/t31-,32+,33-,34-,35-,36+,37-,38-,39-,40-/m1/s1. The second-order valence-electron chi connectivity index (χ2n) is 13.4. The fraction of sp³-hybridized carbons (Fsp3) is 0.400. The van der Waals surface area contributed by atoms with Gasteiger partial charge in [-0.1, -0.05) is 137 Å². The van der Waals surface area contributed by atoms with Gasteiger partial charge in [0.1, 0.15) is 30.5 Å². The molecule has 4 aromatic carbocycles. The molecule has 1 saturated heterocycles. The molecule has 16 heteroatoms. The Morgan fingerprint density at radius 2 is 0.982 bits per heavy atom. The van der Waals surface area contributed by atoms with Crippen LogP contribution in [0, 0.1) is 0 Å². The van der Waals surface area contributed by atoms with Crippen molar-refractivity contribution in [2.45, 2.75) is 93.9 Å². The molecule has 0 amide bonds. The van der Waals surface area contributed by atoms with E-state index in [1.807, 2.05) is 121 Å². The minimum Gasteiger partial charge on any atom is -0.388 e. The first kappa shape index (κ1) is 40.2. The van der Waals surface area contributed by atoms with E-state index in [1.54, 1.807) is 0 Å². The molecule has 0 unspecified atom stereocenters. The van der Waals surface area contributed by atoms with Crippen molar-refractivity contribution in [3.63, 3.8) is 0 Å². The zero-order valence-electron chi connectivity index (χ0n) is 30.5. The summed E-state index contributed by atoms with van der Waals surface area (Å²) in [6.07, 6.45) is -7.75. The van der Waals surface area contributed by atoms with Gasteiger partial charge in [0.05, 0.1) is 57.3 Å². The van der Waals surface area contributed by atoms with Gasteiger partial charge in [-0.2, -0.15) is 0 Å². The fourth-order valence-electron chi connectivity index (χ4n) is 6.93. The topological polar surface area (TPSA) is 222 Å². The number of nitrogens with zero attached hydrogens (tertiary/aromatic N) is 9. The summed E-state index contributed by atoms with van der Waals surface area (Å²) in [7, 11) is 0. The van der Waals surface area contributed by atoms with Gasteiger partial charge in [-0.05, 0) is 45.3 Å². The molecule has 1 saturated carbocycles. The molecule has 1 aliphatic heterocycles. The first-order valence-electron chi connectivity index (χ1n) is 18.3. The number of aliphatic hydroxyl groups excluding tert-OH is 1. The zero-order chi connectivity index (χ0) is 39.0. The third-order valence-corrected chi connectivity index (χ3v) is 9.65. The molecule has 2 fully saturated rings. The lowest BCUT2D eigenvalue weighted by Crippen LogP contribution is -2.63. The van der Waals surface area contributed by atoms with Crippen LogP contribution < -0.4 is 0 Å². The molecule has 2 aliphatic rings. The molecule has 0 bridgehead atoms. The molecule has 0 aromatic heterocycles. The maximum absolute atomic E-state index is 11.9. The average molecular weight is 762 g/mol. The van der Waals surface area contributed by atoms with Crippen molar-refractivity contribution in [3.8, 4) is 0 Å². The molecule has 290 valence electrons. The Bertz CT molecular complexity index is 1930. The van der Waals surface area contributed by atoms with Crippen LogP contribution in [0.15, 0.2) is 137 Å². The summed E-state index contributed by atoms with van der Waals surface area (Å²) in [5.74, 6) is 0. The van der Waals surface area contributed by atoms with Crippen molar-refractivity contribution < 1.29 is 33.5 Å². The van der Waals surface area contributed by atoms with Crippen molar-refractivity contribution in [1.82, 2.24) is 0 Å². The van der Waals surface area contributed by atoms with Crippen molar-refractivity contribution in [1.29, 1.82) is 0 Å². The van der Waals surface area contributed by atoms with E-state index >= 15 is 0 Å². The average Bonchev–Trinajstić information content (AvgIpc) is 3.23. The van der Waals surface area contributed by atoms with Crippen LogP contribution in [0.1, 0.15) is 28.7 Å². The van der Waals surface area contributed by atoms with Crippen molar-refractivity contribution in [2.75, 3.05) is 6.61 Å². The molecule has 4 aromatic rings. The summed E-state index contributed by atoms with van der Waals surface area (Å²) >= 11 is 0. The van der Waals surface area contributed by atoms with Gasteiger partial charge in [-0.15, -0.1) is 0 Å². The van der Waals surface area contributed by atoms with E-state index < -0.39 is 61.0 Å². The Balaban J connectivity index is 1.32. The van der Waals surface area contributed by atoms with Crippen LogP contribution in [-0.2, 0) is 54.8 Å². The number of hydrogen-bond acceptors (Lipinski definition) is 10. The summed E-state index contributed by atoms with van der Waals surface area (Å²) in [6, 6.07) is 35.0. The van der Waals surface area contributed by atoms with E-state index in [9.17, 15) is 21.7 Å². The lowest BCUT2D eigenvalue weighted by atomic mass is 9.84. The van der Waals surface area contributed by atoms with Crippen LogP contribution in [0.5, 0.6) is 0 Å². The fourth-order valence-corrected chi connectivity index (χ4v) is 6.93. The molecule has 1 aliphatic carbocycles. The lowest BCUT2D eigenvalue weighted by molar-refractivity contribution is -0.309. The third-order valence-electron chi connectivity index (χ3n) is 9.65. The van der Waals surface area contributed by atoms with Gasteiger partial charge >= 0.3 is 0 Å². The molecule has 10 atom stereocenters. The highest BCUT2D eigenvalue weighted by molar-refractivity contribution is 5.17. The van der Waals surface area contributed by atoms with Gasteiger partial charge in [-0.25, -0.2) is 0 Å². The monoisotopic (exact) mass is 761 g/mol. The first-order chi connectivity index (χ1) is 27.6. The van der Waals surface area contributed by atoms with Gasteiger partial charge in [0.25, 0.3) is 0 Å². The summed E-state index contributed by atoms with van der Waals surface area (Å²) in [6.45, 7) is 0.711. The van der Waals surface area contributed by atoms with E-state index in [4.69, 9.17) is 28.4 Å². The molecule has 16 nitrogen and oxygen atoms in total. The summed E-state index contributed by atoms with van der Waals surface area (Å²) in [4.78, 5) is 9.12. The van der Waals surface area contributed by atoms with Gasteiger partial charge in [0, 0.05) is 14.7 Å². The van der Waals surface area contributed by atoms with E-state index in [1.165, 1.54) is 0 Å². The molecule has 0 spiro atoms. The van der Waals surface area contributed by atoms with Crippen LogP contribution >= 0.6 is 0 Å². The zero-order valence-corrected chi connectivity index (χ0v) is 30.5. The Morgan fingerprint density at radius 3 is 1.46 bits per heavy atom. The second kappa shape index (κ2) is 21.0. The summed E-state index contributed by atoms with van der Waals surface area (Å²) in [5, 5.41) is 23.8. The number of rotatable bonds is 18. The van der Waals surface area contributed by atoms with Crippen molar-refractivity contribution in [2.24, 2.45) is 15.3 Å². The molecular weight excluding hydrogens is 718 g/mol. The van der Waals surface area contributed by atoms with Gasteiger partial charge in [0.15, 0.2) is 6.29 Å². The largest absolute Gasteiger partial charge is 0.388 e. The summed E-state index contributed by atoms with van der Waals surface area (Å²) < 4.78 is 38.7. The van der Waals surface area contributed by atoms with Gasteiger partial charge in [0.2, 0.25) is 0 Å². The molecule has 1 heterocycles. The Morgan fingerprint density at radius 1 is 0.554 bits per heavy atom. The smallest absolute Gasteiger partial charge is 0.169 e. The maximum Gasteiger partial charge on any atom is 0.169 e. The Kier molecular flexibility index (Phi) is 15.1. The second-order valence-corrected chi connectivity index (χ2v) is 13.4. The van der Waals surface area contributed by atoms with E-state index in [2.05, 4.69) is 30.1 Å². The highest BCUT2D eigenvalue weighted by Gasteiger charge is 2.52. The minimum atomic E-state index is -1.47. The van der Waals surface area contributed by atoms with E-state index in [-0.39, 0.29) is 39.5 Å². The molecular formula is C40H43N9O7. The quantitative estimate of drug-likeness (QED) is 0.0599. The van der Waals surface area contributed by atoms with Gasteiger partial charge < -0.3 is 33.5 Å². The first-order valence-corrected chi connectivity index (χ1v) is 18.3. The van der Waals surface area contributed by atoms with Crippen LogP contribution in [0.2, 0.25) is 0 Å². The van der Waals surface area contributed by atoms with Crippen LogP contribution in [0.3, 0.4) is 0 Å². The predicted octanol–water partition coefficient (Wildman–Crippen LogP) is 7.87. The SMILES string of the molecule is [N-]=[N+]=N[C@H]1[C@@H](O[C@H]2[C@H](O)[C@@H](OCc3ccccc3)[C@H](N=[N+]=[N-])C[C@@H]2N=[N+]=[N-])O[C@H](COCc2ccccc2)[C@@H](OCc2ccccc2)[C@@H]1OCc1ccccc1. The number of azide groups is 3. The van der Waals surface area contributed by atoms with Crippen LogP contribution in [0.25, 0.3) is 31.3 Å². The van der Waals surface area contributed by atoms with E-state index in [0.717, 1.165) is 22.3 Å². The molecule has 1 N–H and O–H groups in total. The number of hydrogen-bond donors (Lipinski definition) is 1. The van der Waals surface area contributed by atoms with E-state index in [0.29, 0.717) is 0 Å². The highest BCUT2D eigenvalue weighted by Crippen LogP contribution is 2.36. The van der Waals surface area contributed by atoms with Crippen LogP contribution in [0.4, 0.5) is 0 Å². The third kappa shape index (κ3) is 10.8. The van der Waals surface area contributed by atoms with Gasteiger partial charge in [-0.3, -0.25) is 0 Å². The number of benzene rings is 4. The molecule has 0 radical (unpaired) electrons. The number of aliphatic hydroxyl groups is 1.